The first-order valence-corrected chi connectivity index (χ1v) is 5.27. The van der Waals surface area contributed by atoms with E-state index in [1.165, 1.54) is 12.8 Å². The van der Waals surface area contributed by atoms with E-state index in [0.29, 0.717) is 6.04 Å². The zero-order chi connectivity index (χ0) is 9.80. The van der Waals surface area contributed by atoms with Gasteiger partial charge in [-0.2, -0.15) is 0 Å². The molecule has 3 N–H and O–H groups in total. The SMILES string of the molecule is NNC(=NC1CC1)N1CCCOCC1. The minimum Gasteiger partial charge on any atom is -0.380 e. The molecule has 14 heavy (non-hydrogen) atoms. The van der Waals surface area contributed by atoms with E-state index in [4.69, 9.17) is 10.6 Å². The van der Waals surface area contributed by atoms with Crippen molar-refractivity contribution in [3.8, 4) is 0 Å². The van der Waals surface area contributed by atoms with Crippen molar-refractivity contribution in [1.82, 2.24) is 10.3 Å². The monoisotopic (exact) mass is 198 g/mol. The van der Waals surface area contributed by atoms with E-state index in [0.717, 1.165) is 38.7 Å². The van der Waals surface area contributed by atoms with E-state index in [2.05, 4.69) is 15.3 Å². The molecule has 0 spiro atoms. The summed E-state index contributed by atoms with van der Waals surface area (Å²) < 4.78 is 5.37. The summed E-state index contributed by atoms with van der Waals surface area (Å²) in [5.74, 6) is 6.30. The van der Waals surface area contributed by atoms with Gasteiger partial charge in [0.05, 0.1) is 12.6 Å². The lowest BCUT2D eigenvalue weighted by Gasteiger charge is -2.22. The summed E-state index contributed by atoms with van der Waals surface area (Å²) in [6.07, 6.45) is 3.45. The van der Waals surface area contributed by atoms with Gasteiger partial charge in [-0.3, -0.25) is 5.43 Å². The van der Waals surface area contributed by atoms with Gasteiger partial charge in [-0.1, -0.05) is 0 Å². The Morgan fingerprint density at radius 1 is 1.36 bits per heavy atom. The Morgan fingerprint density at radius 3 is 2.93 bits per heavy atom. The summed E-state index contributed by atoms with van der Waals surface area (Å²) in [5, 5.41) is 0. The Labute approximate surface area is 84.3 Å². The van der Waals surface area contributed by atoms with Gasteiger partial charge < -0.3 is 9.64 Å². The molecule has 1 heterocycles. The number of rotatable bonds is 1. The predicted octanol–water partition coefficient (Wildman–Crippen LogP) is -0.310. The Bertz CT molecular complexity index is 207. The third-order valence-corrected chi connectivity index (χ3v) is 2.50. The van der Waals surface area contributed by atoms with Crippen LogP contribution in [-0.4, -0.2) is 43.2 Å². The highest BCUT2D eigenvalue weighted by Gasteiger charge is 2.23. The number of hydrogen-bond donors (Lipinski definition) is 2. The molecule has 1 saturated carbocycles. The molecule has 0 bridgehead atoms. The number of nitrogens with one attached hydrogen (secondary N) is 1. The number of nitrogens with two attached hydrogens (primary N) is 1. The number of hydrogen-bond acceptors (Lipinski definition) is 3. The minimum atomic E-state index is 0.505. The van der Waals surface area contributed by atoms with Gasteiger partial charge in [-0.15, -0.1) is 0 Å². The molecule has 5 nitrogen and oxygen atoms in total. The van der Waals surface area contributed by atoms with Gasteiger partial charge in [0, 0.05) is 19.7 Å². The quantitative estimate of drug-likeness (QED) is 0.262. The third kappa shape index (κ3) is 2.59. The van der Waals surface area contributed by atoms with Gasteiger partial charge >= 0.3 is 0 Å². The highest BCUT2D eigenvalue weighted by molar-refractivity contribution is 5.79. The summed E-state index contributed by atoms with van der Waals surface area (Å²) in [7, 11) is 0. The summed E-state index contributed by atoms with van der Waals surface area (Å²) in [4.78, 5) is 6.69. The number of hydrazine groups is 1. The van der Waals surface area contributed by atoms with Crippen LogP contribution in [0, 0.1) is 0 Å². The van der Waals surface area contributed by atoms with Gasteiger partial charge in [-0.05, 0) is 19.3 Å². The van der Waals surface area contributed by atoms with Crippen LogP contribution in [0.4, 0.5) is 0 Å². The van der Waals surface area contributed by atoms with Crippen LogP contribution >= 0.6 is 0 Å². The lowest BCUT2D eigenvalue weighted by molar-refractivity contribution is 0.147. The average molecular weight is 198 g/mol. The second-order valence-corrected chi connectivity index (χ2v) is 3.78. The molecule has 0 amide bonds. The van der Waals surface area contributed by atoms with Gasteiger partial charge in [0.1, 0.15) is 0 Å². The molecule has 1 aliphatic heterocycles. The van der Waals surface area contributed by atoms with Gasteiger partial charge in [0.25, 0.3) is 0 Å². The largest absolute Gasteiger partial charge is 0.380 e. The molecule has 0 radical (unpaired) electrons. The fourth-order valence-corrected chi connectivity index (χ4v) is 1.54. The molecule has 0 aromatic heterocycles. The Kier molecular flexibility index (Phi) is 3.21. The zero-order valence-electron chi connectivity index (χ0n) is 8.41. The fraction of sp³-hybridized carbons (Fsp3) is 0.889. The number of aliphatic imine (C=N–C) groups is 1. The van der Waals surface area contributed by atoms with Crippen molar-refractivity contribution < 1.29 is 4.74 Å². The normalized spacial score (nSPS) is 24.6. The lowest BCUT2D eigenvalue weighted by Crippen LogP contribution is -2.46. The summed E-state index contributed by atoms with van der Waals surface area (Å²) in [5.41, 5.74) is 2.69. The first-order chi connectivity index (χ1) is 6.90. The third-order valence-electron chi connectivity index (χ3n) is 2.50. The number of guanidine groups is 1. The summed E-state index contributed by atoms with van der Waals surface area (Å²) in [6, 6.07) is 0.505. The van der Waals surface area contributed by atoms with Gasteiger partial charge in [-0.25, -0.2) is 10.8 Å². The first-order valence-electron chi connectivity index (χ1n) is 5.27. The van der Waals surface area contributed by atoms with Crippen molar-refractivity contribution in [3.63, 3.8) is 0 Å². The van der Waals surface area contributed by atoms with Crippen molar-refractivity contribution in [2.75, 3.05) is 26.3 Å². The molecular formula is C9H18N4O. The number of ether oxygens (including phenoxy) is 1. The van der Waals surface area contributed by atoms with E-state index in [1.807, 2.05) is 0 Å². The van der Waals surface area contributed by atoms with E-state index >= 15 is 0 Å². The molecular weight excluding hydrogens is 180 g/mol. The molecule has 2 rings (SSSR count). The Morgan fingerprint density at radius 2 is 2.21 bits per heavy atom. The van der Waals surface area contributed by atoms with Crippen LogP contribution < -0.4 is 11.3 Å². The second kappa shape index (κ2) is 4.61. The summed E-state index contributed by atoms with van der Waals surface area (Å²) in [6.45, 7) is 3.48. The molecule has 0 aromatic rings. The maximum atomic E-state index is 5.47. The first kappa shape index (κ1) is 9.73. The molecule has 0 aromatic carbocycles. The van der Waals surface area contributed by atoms with Crippen LogP contribution in [0.2, 0.25) is 0 Å². The highest BCUT2D eigenvalue weighted by atomic mass is 16.5. The van der Waals surface area contributed by atoms with Crippen LogP contribution in [0.25, 0.3) is 0 Å². The van der Waals surface area contributed by atoms with Crippen molar-refractivity contribution in [1.29, 1.82) is 0 Å². The van der Waals surface area contributed by atoms with Crippen molar-refractivity contribution in [3.05, 3.63) is 0 Å². The molecule has 80 valence electrons. The molecule has 0 atom stereocenters. The van der Waals surface area contributed by atoms with Crippen molar-refractivity contribution >= 4 is 5.96 Å². The molecule has 1 saturated heterocycles. The van der Waals surface area contributed by atoms with Crippen molar-refractivity contribution in [2.45, 2.75) is 25.3 Å². The maximum Gasteiger partial charge on any atom is 0.208 e. The van der Waals surface area contributed by atoms with Crippen LogP contribution in [0.5, 0.6) is 0 Å². The topological polar surface area (TPSA) is 62.9 Å². The highest BCUT2D eigenvalue weighted by Crippen LogP contribution is 2.23. The van der Waals surface area contributed by atoms with E-state index in [9.17, 15) is 0 Å². The fourth-order valence-electron chi connectivity index (χ4n) is 1.54. The lowest BCUT2D eigenvalue weighted by atomic mass is 10.4. The van der Waals surface area contributed by atoms with Gasteiger partial charge in [0.15, 0.2) is 0 Å². The average Bonchev–Trinajstić information content (AvgIpc) is 3.01. The summed E-state index contributed by atoms with van der Waals surface area (Å²) >= 11 is 0. The molecule has 2 aliphatic rings. The van der Waals surface area contributed by atoms with E-state index < -0.39 is 0 Å². The maximum absolute atomic E-state index is 5.47. The van der Waals surface area contributed by atoms with Crippen LogP contribution in [0.1, 0.15) is 19.3 Å². The van der Waals surface area contributed by atoms with Crippen LogP contribution in [0.3, 0.4) is 0 Å². The van der Waals surface area contributed by atoms with E-state index in [1.54, 1.807) is 0 Å². The second-order valence-electron chi connectivity index (χ2n) is 3.78. The van der Waals surface area contributed by atoms with Crippen LogP contribution in [0.15, 0.2) is 4.99 Å². The minimum absolute atomic E-state index is 0.505. The standard InChI is InChI=1S/C9H18N4O/c10-12-9(11-8-2-3-8)13-4-1-6-14-7-5-13/h8H,1-7,10H2,(H,11,12). The Hall–Kier alpha value is -0.810. The molecule has 0 unspecified atom stereocenters. The molecule has 5 heteroatoms. The van der Waals surface area contributed by atoms with Crippen molar-refractivity contribution in [2.24, 2.45) is 10.8 Å². The number of nitrogens with zero attached hydrogens (tertiary/aromatic N) is 2. The smallest absolute Gasteiger partial charge is 0.208 e. The van der Waals surface area contributed by atoms with E-state index in [-0.39, 0.29) is 0 Å². The predicted molar refractivity (Wildman–Crippen MR) is 54.8 cm³/mol. The zero-order valence-corrected chi connectivity index (χ0v) is 8.41. The van der Waals surface area contributed by atoms with Gasteiger partial charge in [0.2, 0.25) is 5.96 Å². The molecule has 2 fully saturated rings. The van der Waals surface area contributed by atoms with Crippen LogP contribution in [-0.2, 0) is 4.74 Å². The molecule has 1 aliphatic carbocycles. The Balaban J connectivity index is 1.94.